The molecular weight excluding hydrogens is 256 g/mol. The molecule has 2 nitrogen and oxygen atoms in total. The van der Waals surface area contributed by atoms with Gasteiger partial charge >= 0.3 is 0 Å². The Labute approximate surface area is 125 Å². The van der Waals surface area contributed by atoms with Crippen LogP contribution in [0.3, 0.4) is 0 Å². The zero-order valence-corrected chi connectivity index (χ0v) is 11.9. The molecule has 1 saturated heterocycles. The maximum Gasteiger partial charge on any atom is 0.0372 e. The van der Waals surface area contributed by atoms with Crippen molar-refractivity contribution in [2.45, 2.75) is 12.3 Å². The van der Waals surface area contributed by atoms with Gasteiger partial charge in [-0.3, -0.25) is 4.98 Å². The molecule has 1 aromatic heterocycles. The first kappa shape index (κ1) is 12.4. The molecule has 0 amide bonds. The van der Waals surface area contributed by atoms with Crippen LogP contribution in [0.1, 0.15) is 17.9 Å². The topological polar surface area (TPSA) is 16.1 Å². The minimum atomic E-state index is 0.652. The summed E-state index contributed by atoms with van der Waals surface area (Å²) in [6.07, 6.45) is 5.02. The van der Waals surface area contributed by atoms with E-state index < -0.39 is 0 Å². The Kier molecular flexibility index (Phi) is 3.07. The lowest BCUT2D eigenvalue weighted by molar-refractivity contribution is 0.775. The van der Waals surface area contributed by atoms with E-state index >= 15 is 0 Å². The monoisotopic (exact) mass is 274 g/mol. The van der Waals surface area contributed by atoms with Crippen molar-refractivity contribution in [2.75, 3.05) is 18.0 Å². The number of aromatic nitrogens is 1. The van der Waals surface area contributed by atoms with E-state index in [0.717, 1.165) is 13.1 Å². The fourth-order valence-corrected chi connectivity index (χ4v) is 3.26. The van der Waals surface area contributed by atoms with Gasteiger partial charge in [-0.25, -0.2) is 0 Å². The first-order valence-electron chi connectivity index (χ1n) is 7.54. The van der Waals surface area contributed by atoms with Crippen molar-refractivity contribution in [3.05, 3.63) is 72.6 Å². The molecule has 1 aliphatic rings. The fraction of sp³-hybridized carbons (Fsp3) is 0.211. The number of fused-ring (bicyclic) bond motifs is 1. The molecule has 0 spiro atoms. The van der Waals surface area contributed by atoms with Gasteiger partial charge < -0.3 is 4.90 Å². The zero-order chi connectivity index (χ0) is 14.1. The Bertz CT molecular complexity index is 752. The summed E-state index contributed by atoms with van der Waals surface area (Å²) in [6.45, 7) is 2.25. The van der Waals surface area contributed by atoms with Crippen LogP contribution >= 0.6 is 0 Å². The van der Waals surface area contributed by atoms with Crippen LogP contribution in [0.4, 0.5) is 5.69 Å². The lowest BCUT2D eigenvalue weighted by Crippen LogP contribution is -2.18. The molecule has 0 radical (unpaired) electrons. The normalized spacial score (nSPS) is 18.3. The van der Waals surface area contributed by atoms with Gasteiger partial charge in [-0.2, -0.15) is 0 Å². The van der Waals surface area contributed by atoms with Crippen LogP contribution in [-0.4, -0.2) is 18.1 Å². The summed E-state index contributed by atoms with van der Waals surface area (Å²) < 4.78 is 0. The van der Waals surface area contributed by atoms with Crippen molar-refractivity contribution < 1.29 is 0 Å². The lowest BCUT2D eigenvalue weighted by Gasteiger charge is -2.19. The molecule has 104 valence electrons. The molecule has 1 aliphatic heterocycles. The molecular formula is C19H18N2. The first-order valence-corrected chi connectivity index (χ1v) is 7.54. The number of nitrogens with zero attached hydrogens (tertiary/aromatic N) is 2. The van der Waals surface area contributed by atoms with Gasteiger partial charge in [-0.15, -0.1) is 0 Å². The van der Waals surface area contributed by atoms with Crippen LogP contribution < -0.4 is 4.90 Å². The molecule has 2 heteroatoms. The number of pyridine rings is 1. The maximum atomic E-state index is 4.18. The first-order chi connectivity index (χ1) is 10.4. The van der Waals surface area contributed by atoms with Crippen LogP contribution in [0.5, 0.6) is 0 Å². The molecule has 1 atom stereocenters. The molecule has 2 aromatic carbocycles. The minimum absolute atomic E-state index is 0.652. The number of anilines is 1. The minimum Gasteiger partial charge on any atom is -0.371 e. The quantitative estimate of drug-likeness (QED) is 0.695. The summed E-state index contributed by atoms with van der Waals surface area (Å²) in [6, 6.07) is 19.6. The highest BCUT2D eigenvalue weighted by Crippen LogP contribution is 2.31. The zero-order valence-electron chi connectivity index (χ0n) is 11.9. The van der Waals surface area contributed by atoms with Crippen LogP contribution in [0.2, 0.25) is 0 Å². The molecule has 1 unspecified atom stereocenters. The highest BCUT2D eigenvalue weighted by Gasteiger charge is 2.23. The van der Waals surface area contributed by atoms with Crippen molar-refractivity contribution >= 4 is 16.5 Å². The SMILES string of the molecule is c1ccc(C2CCN(c3ccc4cnccc4c3)C2)cc1. The molecule has 2 heterocycles. The maximum absolute atomic E-state index is 4.18. The molecule has 4 rings (SSSR count). The van der Waals surface area contributed by atoms with E-state index in [4.69, 9.17) is 0 Å². The van der Waals surface area contributed by atoms with Crippen LogP contribution in [-0.2, 0) is 0 Å². The van der Waals surface area contributed by atoms with Crippen molar-refractivity contribution in [1.82, 2.24) is 4.98 Å². The fourth-order valence-electron chi connectivity index (χ4n) is 3.26. The van der Waals surface area contributed by atoms with E-state index in [1.165, 1.54) is 28.4 Å². The lowest BCUT2D eigenvalue weighted by atomic mass is 9.99. The summed E-state index contributed by atoms with van der Waals surface area (Å²) in [7, 11) is 0. The standard InChI is InChI=1S/C19H18N2/c1-2-4-15(5-3-1)18-9-11-21(14-18)19-7-6-17-13-20-10-8-16(17)12-19/h1-8,10,12-13,18H,9,11,14H2. The van der Waals surface area contributed by atoms with E-state index in [1.807, 2.05) is 12.4 Å². The van der Waals surface area contributed by atoms with Gasteiger partial charge in [0.1, 0.15) is 0 Å². The van der Waals surface area contributed by atoms with Gasteiger partial charge in [0.15, 0.2) is 0 Å². The third-order valence-corrected chi connectivity index (χ3v) is 4.45. The smallest absolute Gasteiger partial charge is 0.0372 e. The van der Waals surface area contributed by atoms with Gasteiger partial charge in [0.05, 0.1) is 0 Å². The third-order valence-electron chi connectivity index (χ3n) is 4.45. The second-order valence-corrected chi connectivity index (χ2v) is 5.75. The molecule has 1 fully saturated rings. The number of rotatable bonds is 2. The Morgan fingerprint density at radius 3 is 2.76 bits per heavy atom. The number of benzene rings is 2. The van der Waals surface area contributed by atoms with Crippen LogP contribution in [0, 0.1) is 0 Å². The average molecular weight is 274 g/mol. The van der Waals surface area contributed by atoms with Crippen molar-refractivity contribution in [3.63, 3.8) is 0 Å². The summed E-state index contributed by atoms with van der Waals surface area (Å²) in [5.74, 6) is 0.652. The largest absolute Gasteiger partial charge is 0.371 e. The van der Waals surface area contributed by atoms with Crippen LogP contribution in [0.15, 0.2) is 67.0 Å². The molecule has 21 heavy (non-hydrogen) atoms. The third kappa shape index (κ3) is 2.38. The van der Waals surface area contributed by atoms with E-state index in [0.29, 0.717) is 5.92 Å². The molecule has 0 N–H and O–H groups in total. The van der Waals surface area contributed by atoms with Gasteiger partial charge in [-0.05, 0) is 35.6 Å². The van der Waals surface area contributed by atoms with Gasteiger partial charge in [0.25, 0.3) is 0 Å². The summed E-state index contributed by atoms with van der Waals surface area (Å²) in [5.41, 5.74) is 2.79. The summed E-state index contributed by atoms with van der Waals surface area (Å²) in [5, 5.41) is 2.48. The Balaban J connectivity index is 1.59. The Hall–Kier alpha value is -2.35. The van der Waals surface area contributed by atoms with Crippen molar-refractivity contribution in [1.29, 1.82) is 0 Å². The second kappa shape index (κ2) is 5.21. The second-order valence-electron chi connectivity index (χ2n) is 5.75. The Morgan fingerprint density at radius 2 is 1.86 bits per heavy atom. The Morgan fingerprint density at radius 1 is 0.952 bits per heavy atom. The predicted molar refractivity (Wildman–Crippen MR) is 87.8 cm³/mol. The molecule has 0 aliphatic carbocycles. The van der Waals surface area contributed by atoms with E-state index in [2.05, 4.69) is 64.5 Å². The molecule has 0 saturated carbocycles. The molecule has 3 aromatic rings. The summed E-state index contributed by atoms with van der Waals surface area (Å²) >= 11 is 0. The number of hydrogen-bond donors (Lipinski definition) is 0. The van der Waals surface area contributed by atoms with E-state index in [-0.39, 0.29) is 0 Å². The van der Waals surface area contributed by atoms with E-state index in [9.17, 15) is 0 Å². The summed E-state index contributed by atoms with van der Waals surface area (Å²) in [4.78, 5) is 6.68. The van der Waals surface area contributed by atoms with E-state index in [1.54, 1.807) is 0 Å². The van der Waals surface area contributed by atoms with Gasteiger partial charge in [-0.1, -0.05) is 36.4 Å². The predicted octanol–water partition coefficient (Wildman–Crippen LogP) is 4.23. The average Bonchev–Trinajstić information content (AvgIpc) is 3.05. The highest BCUT2D eigenvalue weighted by molar-refractivity contribution is 5.85. The van der Waals surface area contributed by atoms with Gasteiger partial charge in [0, 0.05) is 42.5 Å². The molecule has 0 bridgehead atoms. The van der Waals surface area contributed by atoms with Gasteiger partial charge in [0.2, 0.25) is 0 Å². The number of hydrogen-bond acceptors (Lipinski definition) is 2. The van der Waals surface area contributed by atoms with Crippen molar-refractivity contribution in [3.8, 4) is 0 Å². The van der Waals surface area contributed by atoms with Crippen LogP contribution in [0.25, 0.3) is 10.8 Å². The highest BCUT2D eigenvalue weighted by atomic mass is 15.1. The van der Waals surface area contributed by atoms with Crippen molar-refractivity contribution in [2.24, 2.45) is 0 Å².